The Balaban J connectivity index is 1.64. The predicted molar refractivity (Wildman–Crippen MR) is 96.2 cm³/mol. The van der Waals surface area contributed by atoms with Gasteiger partial charge >= 0.3 is 0 Å². The second kappa shape index (κ2) is 7.78. The fraction of sp³-hybridized carbons (Fsp3) is 0.550. The fourth-order valence-corrected chi connectivity index (χ4v) is 3.32. The van der Waals surface area contributed by atoms with E-state index in [2.05, 4.69) is 58.8 Å². The Kier molecular flexibility index (Phi) is 5.50. The maximum atomic E-state index is 4.55. The molecule has 2 aromatic rings. The maximum Gasteiger partial charge on any atom is 0.139 e. The number of imidazole rings is 1. The molecule has 1 fully saturated rings. The summed E-state index contributed by atoms with van der Waals surface area (Å²) in [5.41, 5.74) is 2.64. The van der Waals surface area contributed by atoms with E-state index >= 15 is 0 Å². The number of hydrogen-bond acceptors (Lipinski definition) is 2. The van der Waals surface area contributed by atoms with Crippen LogP contribution in [0.5, 0.6) is 0 Å². The van der Waals surface area contributed by atoms with E-state index in [1.54, 1.807) is 0 Å². The maximum absolute atomic E-state index is 4.55. The van der Waals surface area contributed by atoms with Crippen molar-refractivity contribution in [1.29, 1.82) is 0 Å². The number of likely N-dealkylation sites (tertiary alicyclic amines) is 1. The van der Waals surface area contributed by atoms with Crippen molar-refractivity contribution in [1.82, 2.24) is 14.5 Å². The van der Waals surface area contributed by atoms with Crippen molar-refractivity contribution in [3.63, 3.8) is 0 Å². The van der Waals surface area contributed by atoms with Crippen molar-refractivity contribution in [3.05, 3.63) is 42.2 Å². The van der Waals surface area contributed by atoms with Crippen molar-refractivity contribution in [2.75, 3.05) is 13.1 Å². The molecule has 1 aromatic heterocycles. The molecule has 1 aromatic carbocycles. The monoisotopic (exact) mass is 311 g/mol. The highest BCUT2D eigenvalue weighted by Crippen LogP contribution is 2.21. The van der Waals surface area contributed by atoms with Crippen molar-refractivity contribution in [3.8, 4) is 11.4 Å². The molecule has 2 heterocycles. The van der Waals surface area contributed by atoms with Crippen LogP contribution >= 0.6 is 0 Å². The molecule has 0 bridgehead atoms. The summed E-state index contributed by atoms with van der Waals surface area (Å²) in [6, 6.07) is 9.00. The van der Waals surface area contributed by atoms with E-state index in [4.69, 9.17) is 0 Å². The first-order valence-electron chi connectivity index (χ1n) is 9.09. The molecule has 3 nitrogen and oxygen atoms in total. The number of nitrogens with zero attached hydrogens (tertiary/aromatic N) is 3. The molecule has 124 valence electrons. The summed E-state index contributed by atoms with van der Waals surface area (Å²) in [6.07, 6.45) is 9.10. The minimum absolute atomic E-state index is 0.899. The Labute approximate surface area is 140 Å². The SMILES string of the molecule is CCCCn1ccnc1-c1ccc(CN2CCC(C)CC2)cc1. The van der Waals surface area contributed by atoms with E-state index < -0.39 is 0 Å². The first-order chi connectivity index (χ1) is 11.3. The van der Waals surface area contributed by atoms with E-state index in [0.717, 1.165) is 24.8 Å². The minimum atomic E-state index is 0.899. The van der Waals surface area contributed by atoms with Gasteiger partial charge in [0.2, 0.25) is 0 Å². The molecule has 0 aliphatic carbocycles. The van der Waals surface area contributed by atoms with Gasteiger partial charge in [-0.05, 0) is 43.8 Å². The van der Waals surface area contributed by atoms with E-state index in [1.165, 1.54) is 49.9 Å². The molecule has 1 saturated heterocycles. The highest BCUT2D eigenvalue weighted by atomic mass is 15.1. The molecular weight excluding hydrogens is 282 g/mol. The highest BCUT2D eigenvalue weighted by molar-refractivity contribution is 5.56. The molecule has 1 aliphatic heterocycles. The van der Waals surface area contributed by atoms with Crippen LogP contribution in [-0.4, -0.2) is 27.5 Å². The Morgan fingerprint density at radius 2 is 1.87 bits per heavy atom. The van der Waals surface area contributed by atoms with Gasteiger partial charge < -0.3 is 4.57 Å². The van der Waals surface area contributed by atoms with E-state index in [-0.39, 0.29) is 0 Å². The molecule has 0 radical (unpaired) electrons. The van der Waals surface area contributed by atoms with Crippen LogP contribution in [0.1, 0.15) is 45.1 Å². The summed E-state index contributed by atoms with van der Waals surface area (Å²) in [5.74, 6) is 1.99. The number of benzene rings is 1. The van der Waals surface area contributed by atoms with Crippen LogP contribution in [0.3, 0.4) is 0 Å². The molecule has 0 saturated carbocycles. The van der Waals surface area contributed by atoms with Gasteiger partial charge in [-0.3, -0.25) is 4.90 Å². The second-order valence-corrected chi connectivity index (χ2v) is 6.95. The van der Waals surface area contributed by atoms with E-state index in [1.807, 2.05) is 6.20 Å². The van der Waals surface area contributed by atoms with Crippen LogP contribution < -0.4 is 0 Å². The average Bonchev–Trinajstić information content (AvgIpc) is 3.04. The molecule has 0 unspecified atom stereocenters. The number of aromatic nitrogens is 2. The van der Waals surface area contributed by atoms with Crippen LogP contribution in [0.15, 0.2) is 36.7 Å². The van der Waals surface area contributed by atoms with Crippen molar-refractivity contribution >= 4 is 0 Å². The summed E-state index contributed by atoms with van der Waals surface area (Å²) < 4.78 is 2.27. The molecule has 0 N–H and O–H groups in total. The lowest BCUT2D eigenvalue weighted by molar-refractivity contribution is 0.185. The zero-order valence-corrected chi connectivity index (χ0v) is 14.5. The van der Waals surface area contributed by atoms with E-state index in [0.29, 0.717) is 0 Å². The van der Waals surface area contributed by atoms with Crippen molar-refractivity contribution in [2.24, 2.45) is 5.92 Å². The standard InChI is InChI=1S/C20H29N3/c1-3-4-12-23-15-11-21-20(23)19-7-5-18(6-8-19)16-22-13-9-17(2)10-14-22/h5-8,11,15,17H,3-4,9-10,12-14,16H2,1-2H3. The Bertz CT molecular complexity index is 592. The zero-order valence-electron chi connectivity index (χ0n) is 14.5. The van der Waals surface area contributed by atoms with Crippen LogP contribution in [-0.2, 0) is 13.1 Å². The lowest BCUT2D eigenvalue weighted by atomic mass is 9.99. The Morgan fingerprint density at radius 1 is 1.13 bits per heavy atom. The van der Waals surface area contributed by atoms with Crippen molar-refractivity contribution < 1.29 is 0 Å². The van der Waals surface area contributed by atoms with Gasteiger partial charge in [-0.25, -0.2) is 4.98 Å². The van der Waals surface area contributed by atoms with Gasteiger partial charge in [0.1, 0.15) is 5.82 Å². The fourth-order valence-electron chi connectivity index (χ4n) is 3.32. The molecule has 0 amide bonds. The van der Waals surface area contributed by atoms with Gasteiger partial charge in [-0.1, -0.05) is 44.5 Å². The third kappa shape index (κ3) is 4.23. The second-order valence-electron chi connectivity index (χ2n) is 6.95. The first-order valence-corrected chi connectivity index (χ1v) is 9.09. The van der Waals surface area contributed by atoms with Gasteiger partial charge in [0.05, 0.1) is 0 Å². The number of piperidine rings is 1. The molecular formula is C20H29N3. The van der Waals surface area contributed by atoms with E-state index in [9.17, 15) is 0 Å². The molecule has 1 aliphatic rings. The largest absolute Gasteiger partial charge is 0.331 e. The third-order valence-corrected chi connectivity index (χ3v) is 4.96. The smallest absolute Gasteiger partial charge is 0.139 e. The molecule has 3 heteroatoms. The quantitative estimate of drug-likeness (QED) is 0.778. The minimum Gasteiger partial charge on any atom is -0.331 e. The van der Waals surface area contributed by atoms with Crippen LogP contribution in [0.2, 0.25) is 0 Å². The molecule has 0 atom stereocenters. The summed E-state index contributed by atoms with van der Waals surface area (Å²) >= 11 is 0. The topological polar surface area (TPSA) is 21.1 Å². The van der Waals surface area contributed by atoms with Gasteiger partial charge in [0, 0.05) is 31.0 Å². The Morgan fingerprint density at radius 3 is 2.57 bits per heavy atom. The number of hydrogen-bond donors (Lipinski definition) is 0. The normalized spacial score (nSPS) is 16.8. The van der Waals surface area contributed by atoms with Gasteiger partial charge in [0.15, 0.2) is 0 Å². The first kappa shape index (κ1) is 16.3. The number of unbranched alkanes of at least 4 members (excludes halogenated alkanes) is 1. The molecule has 3 rings (SSSR count). The summed E-state index contributed by atoms with van der Waals surface area (Å²) in [5, 5.41) is 0. The zero-order chi connectivity index (χ0) is 16.1. The van der Waals surface area contributed by atoms with Gasteiger partial charge in [0.25, 0.3) is 0 Å². The van der Waals surface area contributed by atoms with Crippen molar-refractivity contribution in [2.45, 2.75) is 52.6 Å². The number of rotatable bonds is 6. The van der Waals surface area contributed by atoms with Gasteiger partial charge in [-0.2, -0.15) is 0 Å². The third-order valence-electron chi connectivity index (χ3n) is 4.96. The molecule has 23 heavy (non-hydrogen) atoms. The van der Waals surface area contributed by atoms with Crippen LogP contribution in [0.25, 0.3) is 11.4 Å². The Hall–Kier alpha value is -1.61. The summed E-state index contributed by atoms with van der Waals surface area (Å²) in [7, 11) is 0. The molecule has 0 spiro atoms. The van der Waals surface area contributed by atoms with Crippen LogP contribution in [0, 0.1) is 5.92 Å². The summed E-state index contributed by atoms with van der Waals surface area (Å²) in [4.78, 5) is 7.13. The van der Waals surface area contributed by atoms with Crippen LogP contribution in [0.4, 0.5) is 0 Å². The van der Waals surface area contributed by atoms with Gasteiger partial charge in [-0.15, -0.1) is 0 Å². The lowest BCUT2D eigenvalue weighted by Gasteiger charge is -2.30. The lowest BCUT2D eigenvalue weighted by Crippen LogP contribution is -2.32. The predicted octanol–water partition coefficient (Wildman–Crippen LogP) is 4.58. The summed E-state index contributed by atoms with van der Waals surface area (Å²) in [6.45, 7) is 9.21. The number of aryl methyl sites for hydroxylation is 1. The highest BCUT2D eigenvalue weighted by Gasteiger charge is 2.15. The average molecular weight is 311 g/mol.